The van der Waals surface area contributed by atoms with E-state index >= 15 is 0 Å². The normalized spacial score (nSPS) is 16.7. The number of aliphatic hydroxyl groups excluding tert-OH is 1. The van der Waals surface area contributed by atoms with E-state index in [2.05, 4.69) is 5.32 Å². The molecule has 0 aliphatic carbocycles. The van der Waals surface area contributed by atoms with Gasteiger partial charge in [-0.1, -0.05) is 36.4 Å². The molecule has 0 spiro atoms. The molecule has 216 valence electrons. The average Bonchev–Trinajstić information content (AvgIpc) is 3.48. The Balaban J connectivity index is 1.38. The van der Waals surface area contributed by atoms with Crippen LogP contribution in [0.4, 0.5) is 17.6 Å². The van der Waals surface area contributed by atoms with Crippen molar-refractivity contribution in [1.82, 2.24) is 10.2 Å². The van der Waals surface area contributed by atoms with Gasteiger partial charge in [0.05, 0.1) is 6.04 Å². The van der Waals surface area contributed by atoms with Gasteiger partial charge in [-0.05, 0) is 66.9 Å². The van der Waals surface area contributed by atoms with Gasteiger partial charge in [0.1, 0.15) is 30.7 Å². The number of amides is 1. The van der Waals surface area contributed by atoms with Crippen molar-refractivity contribution in [3.05, 3.63) is 83.2 Å². The number of carbonyl (C=O) groups is 2. The predicted octanol–water partition coefficient (Wildman–Crippen LogP) is 4.78. The smallest absolute Gasteiger partial charge is 0.420 e. The monoisotopic (exact) mass is 572 g/mol. The topological polar surface area (TPSA) is 88.1 Å². The van der Waals surface area contributed by atoms with Crippen LogP contribution in [0.25, 0.3) is 11.1 Å². The minimum atomic E-state index is -4.77. The number of alkyl halides is 3. The van der Waals surface area contributed by atoms with Gasteiger partial charge >= 0.3 is 6.18 Å². The third-order valence-corrected chi connectivity index (χ3v) is 7.19. The van der Waals surface area contributed by atoms with Gasteiger partial charge in [0.25, 0.3) is 5.91 Å². The fourth-order valence-corrected chi connectivity index (χ4v) is 5.08. The van der Waals surface area contributed by atoms with Crippen LogP contribution in [-0.4, -0.2) is 60.6 Å². The summed E-state index contributed by atoms with van der Waals surface area (Å²) in [6.07, 6.45) is -4.55. The molecule has 7 nitrogen and oxygen atoms in total. The van der Waals surface area contributed by atoms with Crippen LogP contribution in [0.5, 0.6) is 11.5 Å². The number of ether oxygens (including phenoxy) is 2. The lowest BCUT2D eigenvalue weighted by molar-refractivity contribution is -0.139. The van der Waals surface area contributed by atoms with E-state index in [9.17, 15) is 32.3 Å². The fraction of sp³-hybridized carbons (Fsp3) is 0.333. The zero-order valence-corrected chi connectivity index (χ0v) is 21.9. The van der Waals surface area contributed by atoms with Gasteiger partial charge in [0.2, 0.25) is 5.78 Å². The molecule has 2 heterocycles. The van der Waals surface area contributed by atoms with E-state index < -0.39 is 41.3 Å². The summed E-state index contributed by atoms with van der Waals surface area (Å²) in [7, 11) is 0. The number of rotatable bonds is 8. The van der Waals surface area contributed by atoms with E-state index in [1.165, 1.54) is 30.3 Å². The number of nitrogens with one attached hydrogen (secondary N) is 1. The Morgan fingerprint density at radius 2 is 1.54 bits per heavy atom. The lowest BCUT2D eigenvalue weighted by Gasteiger charge is -2.30. The largest absolute Gasteiger partial charge is 0.486 e. The van der Waals surface area contributed by atoms with E-state index in [0.717, 1.165) is 24.5 Å². The number of fused-ring (bicyclic) bond motifs is 1. The van der Waals surface area contributed by atoms with Crippen LogP contribution in [0.3, 0.4) is 0 Å². The summed E-state index contributed by atoms with van der Waals surface area (Å²) in [5.41, 5.74) is 0.306. The van der Waals surface area contributed by atoms with Gasteiger partial charge in [-0.2, -0.15) is 13.2 Å². The summed E-state index contributed by atoms with van der Waals surface area (Å²) >= 11 is 0. The highest BCUT2D eigenvalue weighted by atomic mass is 19.4. The summed E-state index contributed by atoms with van der Waals surface area (Å²) in [5, 5.41) is 13.8. The van der Waals surface area contributed by atoms with Crippen LogP contribution in [0.2, 0.25) is 0 Å². The Morgan fingerprint density at radius 3 is 2.17 bits per heavy atom. The number of halogens is 4. The molecule has 1 saturated heterocycles. The molecule has 1 fully saturated rings. The highest BCUT2D eigenvalue weighted by Crippen LogP contribution is 2.45. The van der Waals surface area contributed by atoms with Gasteiger partial charge in [-0.3, -0.25) is 9.59 Å². The molecule has 41 heavy (non-hydrogen) atoms. The SMILES string of the molecule is O=C(NC(CN1CCCC1)C(O)c1cc2c(c(C(F)(F)F)c1)OCCO2)C(=O)c1ccc(-c2ccc(F)cc2)cc1. The zero-order valence-electron chi connectivity index (χ0n) is 21.9. The third kappa shape index (κ3) is 6.52. The second kappa shape index (κ2) is 11.9. The van der Waals surface area contributed by atoms with Crippen molar-refractivity contribution in [2.24, 2.45) is 0 Å². The van der Waals surface area contributed by atoms with Crippen molar-refractivity contribution in [3.63, 3.8) is 0 Å². The van der Waals surface area contributed by atoms with Crippen LogP contribution in [0.15, 0.2) is 60.7 Å². The van der Waals surface area contributed by atoms with Crippen LogP contribution in [-0.2, 0) is 11.0 Å². The minimum absolute atomic E-state index is 0.0430. The van der Waals surface area contributed by atoms with Crippen molar-refractivity contribution < 1.29 is 41.7 Å². The first-order chi connectivity index (χ1) is 19.6. The third-order valence-electron chi connectivity index (χ3n) is 7.19. The number of nitrogens with zero attached hydrogens (tertiary/aromatic N) is 1. The molecule has 2 unspecified atom stereocenters. The standard InChI is InChI=1S/C30H28F4N2O5/c31-22-9-7-19(8-10-22)18-3-5-20(6-4-18)27(38)29(39)35-24(17-36-11-1-2-12-36)26(37)21-15-23(30(32,33)34)28-25(16-21)40-13-14-41-28/h3-10,15-16,24,26,37H,1-2,11-14,17H2,(H,35,39). The average molecular weight is 573 g/mol. The van der Waals surface area contributed by atoms with Crippen molar-refractivity contribution in [3.8, 4) is 22.6 Å². The number of benzene rings is 3. The summed E-state index contributed by atoms with van der Waals surface area (Å²) in [4.78, 5) is 28.0. The fourth-order valence-electron chi connectivity index (χ4n) is 5.08. The van der Waals surface area contributed by atoms with E-state index in [1.807, 2.05) is 4.90 Å². The first-order valence-electron chi connectivity index (χ1n) is 13.2. The Bertz CT molecular complexity index is 1400. The summed E-state index contributed by atoms with van der Waals surface area (Å²) in [5.74, 6) is -2.85. The minimum Gasteiger partial charge on any atom is -0.486 e. The summed E-state index contributed by atoms with van der Waals surface area (Å²) in [6.45, 7) is 1.50. The van der Waals surface area contributed by atoms with Gasteiger partial charge in [-0.25, -0.2) is 4.39 Å². The molecule has 2 N–H and O–H groups in total. The second-order valence-electron chi connectivity index (χ2n) is 10.0. The quantitative estimate of drug-likeness (QED) is 0.230. The number of aliphatic hydroxyl groups is 1. The molecule has 2 aliphatic rings. The van der Waals surface area contributed by atoms with E-state index in [4.69, 9.17) is 9.47 Å². The molecule has 0 aromatic heterocycles. The van der Waals surface area contributed by atoms with E-state index in [-0.39, 0.29) is 42.5 Å². The van der Waals surface area contributed by atoms with Gasteiger partial charge in [0, 0.05) is 12.1 Å². The maximum Gasteiger partial charge on any atom is 0.420 e. The molecule has 11 heteroatoms. The maximum absolute atomic E-state index is 13.8. The van der Waals surface area contributed by atoms with Crippen LogP contribution in [0, 0.1) is 5.82 Å². The number of likely N-dealkylation sites (tertiary alicyclic amines) is 1. The molecule has 0 bridgehead atoms. The van der Waals surface area contributed by atoms with Crippen LogP contribution in [0.1, 0.15) is 40.4 Å². The molecule has 2 atom stereocenters. The molecule has 0 saturated carbocycles. The predicted molar refractivity (Wildman–Crippen MR) is 141 cm³/mol. The summed E-state index contributed by atoms with van der Waals surface area (Å²) < 4.78 is 65.4. The molecule has 3 aromatic carbocycles. The lowest BCUT2D eigenvalue weighted by atomic mass is 9.97. The molecule has 0 radical (unpaired) electrons. The van der Waals surface area contributed by atoms with Crippen molar-refractivity contribution in [1.29, 1.82) is 0 Å². The Kier molecular flexibility index (Phi) is 8.27. The second-order valence-corrected chi connectivity index (χ2v) is 10.0. The van der Waals surface area contributed by atoms with Gasteiger partial charge < -0.3 is 24.8 Å². The number of ketones is 1. The molecule has 2 aliphatic heterocycles. The van der Waals surface area contributed by atoms with E-state index in [1.54, 1.807) is 24.3 Å². The molecule has 3 aromatic rings. The van der Waals surface area contributed by atoms with Gasteiger partial charge in [0.15, 0.2) is 11.5 Å². The lowest BCUT2D eigenvalue weighted by Crippen LogP contribution is -2.48. The Morgan fingerprint density at radius 1 is 0.927 bits per heavy atom. The summed E-state index contributed by atoms with van der Waals surface area (Å²) in [6, 6.07) is 12.9. The number of hydrogen-bond acceptors (Lipinski definition) is 6. The van der Waals surface area contributed by atoms with Crippen LogP contribution >= 0.6 is 0 Å². The molecule has 5 rings (SSSR count). The first-order valence-corrected chi connectivity index (χ1v) is 13.2. The van der Waals surface area contributed by atoms with Crippen molar-refractivity contribution in [2.45, 2.75) is 31.2 Å². The highest BCUT2D eigenvalue weighted by Gasteiger charge is 2.39. The van der Waals surface area contributed by atoms with Crippen molar-refractivity contribution >= 4 is 11.7 Å². The van der Waals surface area contributed by atoms with Gasteiger partial charge in [-0.15, -0.1) is 0 Å². The van der Waals surface area contributed by atoms with Crippen molar-refractivity contribution in [2.75, 3.05) is 32.8 Å². The zero-order chi connectivity index (χ0) is 29.1. The Hall–Kier alpha value is -3.96. The number of carbonyl (C=O) groups excluding carboxylic acids is 2. The van der Waals surface area contributed by atoms with E-state index in [0.29, 0.717) is 18.7 Å². The molecule has 1 amide bonds. The number of Topliss-reactive ketones (excluding diaryl/α,β-unsaturated/α-hetero) is 1. The highest BCUT2D eigenvalue weighted by molar-refractivity contribution is 6.42. The maximum atomic E-state index is 13.8. The van der Waals surface area contributed by atoms with Crippen LogP contribution < -0.4 is 14.8 Å². The number of hydrogen-bond donors (Lipinski definition) is 2. The Labute approximate surface area is 233 Å². The molecular weight excluding hydrogens is 544 g/mol. The first kappa shape index (κ1) is 28.6. The molecular formula is C30H28F4N2O5.